The molecule has 37 heavy (non-hydrogen) atoms. The number of aliphatic hydroxyl groups is 1. The lowest BCUT2D eigenvalue weighted by molar-refractivity contribution is -0.133. The molecule has 0 bridgehead atoms. The molecule has 11 heteroatoms. The first-order valence-corrected chi connectivity index (χ1v) is 12.6. The van der Waals surface area contributed by atoms with E-state index in [2.05, 4.69) is 15.6 Å². The molecule has 11 nitrogen and oxygen atoms in total. The maximum atomic E-state index is 13.2. The zero-order valence-corrected chi connectivity index (χ0v) is 21.3. The molecule has 4 N–H and O–H groups in total. The van der Waals surface area contributed by atoms with Crippen molar-refractivity contribution in [3.05, 3.63) is 30.0 Å². The molecule has 2 fully saturated rings. The molecule has 4 rings (SSSR count). The van der Waals surface area contributed by atoms with Crippen molar-refractivity contribution in [3.8, 4) is 11.6 Å². The SMILES string of the molecule is CCCC(NC(=O)C1CC(Oc2nc(C)cc3cc(OC)ccc23)CN1C(=O)O)C(O)C(=O)NC1CC1. The van der Waals surface area contributed by atoms with Gasteiger partial charge in [-0.3, -0.25) is 14.5 Å². The highest BCUT2D eigenvalue weighted by Crippen LogP contribution is 2.31. The van der Waals surface area contributed by atoms with Crippen LogP contribution in [0.4, 0.5) is 4.79 Å². The van der Waals surface area contributed by atoms with Crippen LogP contribution in [0, 0.1) is 6.92 Å². The largest absolute Gasteiger partial charge is 0.497 e. The predicted octanol–water partition coefficient (Wildman–Crippen LogP) is 1.98. The highest BCUT2D eigenvalue weighted by Gasteiger charge is 2.42. The van der Waals surface area contributed by atoms with Gasteiger partial charge in [0.15, 0.2) is 6.10 Å². The number of aliphatic hydroxyl groups excluding tert-OH is 1. The van der Waals surface area contributed by atoms with Crippen molar-refractivity contribution in [2.75, 3.05) is 13.7 Å². The number of hydrogen-bond donors (Lipinski definition) is 4. The van der Waals surface area contributed by atoms with Gasteiger partial charge in [0, 0.05) is 23.5 Å². The Bertz CT molecular complexity index is 1170. The summed E-state index contributed by atoms with van der Waals surface area (Å²) in [6.45, 7) is 3.69. The lowest BCUT2D eigenvalue weighted by Gasteiger charge is -2.27. The monoisotopic (exact) mass is 514 g/mol. The Morgan fingerprint density at radius 3 is 2.65 bits per heavy atom. The van der Waals surface area contributed by atoms with Crippen LogP contribution in [0.3, 0.4) is 0 Å². The number of aromatic nitrogens is 1. The minimum absolute atomic E-state index is 0.0240. The number of ether oxygens (including phenoxy) is 2. The molecule has 2 aliphatic rings. The van der Waals surface area contributed by atoms with Crippen molar-refractivity contribution in [1.29, 1.82) is 0 Å². The fraction of sp³-hybridized carbons (Fsp3) is 0.538. The molecule has 2 aromatic rings. The van der Waals surface area contributed by atoms with Gasteiger partial charge in [0.05, 0.1) is 19.7 Å². The molecule has 1 aliphatic heterocycles. The first-order valence-electron chi connectivity index (χ1n) is 12.6. The molecule has 1 saturated heterocycles. The average Bonchev–Trinajstić information content (AvgIpc) is 3.57. The van der Waals surface area contributed by atoms with Gasteiger partial charge in [0.1, 0.15) is 17.9 Å². The molecule has 2 heterocycles. The molecule has 1 aromatic heterocycles. The van der Waals surface area contributed by atoms with Gasteiger partial charge in [-0.15, -0.1) is 0 Å². The zero-order chi connectivity index (χ0) is 26.7. The van der Waals surface area contributed by atoms with Gasteiger partial charge in [-0.05, 0) is 55.8 Å². The van der Waals surface area contributed by atoms with Crippen LogP contribution < -0.4 is 20.1 Å². The molecular formula is C26H34N4O7. The van der Waals surface area contributed by atoms with Crippen molar-refractivity contribution in [2.45, 2.75) is 76.3 Å². The fourth-order valence-corrected chi connectivity index (χ4v) is 4.65. The number of carbonyl (C=O) groups is 3. The lowest BCUT2D eigenvalue weighted by atomic mass is 10.0. The van der Waals surface area contributed by atoms with Gasteiger partial charge in [-0.2, -0.15) is 0 Å². The summed E-state index contributed by atoms with van der Waals surface area (Å²) in [6.07, 6.45) is -0.443. The highest BCUT2D eigenvalue weighted by molar-refractivity contribution is 5.89. The second-order valence-corrected chi connectivity index (χ2v) is 9.71. The van der Waals surface area contributed by atoms with Crippen LogP contribution >= 0.6 is 0 Å². The van der Waals surface area contributed by atoms with Gasteiger partial charge < -0.3 is 30.3 Å². The third-order valence-electron chi connectivity index (χ3n) is 6.72. The quantitative estimate of drug-likeness (QED) is 0.376. The maximum Gasteiger partial charge on any atom is 0.408 e. The van der Waals surface area contributed by atoms with Crippen LogP contribution in [0.15, 0.2) is 24.3 Å². The number of fused-ring (bicyclic) bond motifs is 1. The molecular weight excluding hydrogens is 480 g/mol. The van der Waals surface area contributed by atoms with Gasteiger partial charge in [-0.1, -0.05) is 13.3 Å². The zero-order valence-electron chi connectivity index (χ0n) is 21.3. The van der Waals surface area contributed by atoms with E-state index in [0.29, 0.717) is 24.5 Å². The third-order valence-corrected chi connectivity index (χ3v) is 6.72. The van der Waals surface area contributed by atoms with E-state index in [9.17, 15) is 24.6 Å². The molecule has 4 unspecified atom stereocenters. The van der Waals surface area contributed by atoms with Crippen LogP contribution in [0.1, 0.15) is 44.7 Å². The number of methoxy groups -OCH3 is 1. The molecule has 1 saturated carbocycles. The van der Waals surface area contributed by atoms with Crippen molar-refractivity contribution in [2.24, 2.45) is 0 Å². The first kappa shape index (κ1) is 26.5. The summed E-state index contributed by atoms with van der Waals surface area (Å²) in [5, 5.41) is 27.4. The molecule has 1 aliphatic carbocycles. The van der Waals surface area contributed by atoms with Crippen LogP contribution in [-0.4, -0.2) is 82.0 Å². The number of pyridine rings is 1. The fourth-order valence-electron chi connectivity index (χ4n) is 4.65. The second kappa shape index (κ2) is 11.2. The van der Waals surface area contributed by atoms with Crippen LogP contribution in [0.2, 0.25) is 0 Å². The Morgan fingerprint density at radius 2 is 2.00 bits per heavy atom. The standard InChI is InChI=1S/C26H34N4O7/c1-4-5-20(22(31)24(33)28-16-6-7-16)29-23(32)21-12-18(13-30(21)26(34)35)37-25-19-9-8-17(36-3)11-15(19)10-14(2)27-25/h8-11,16,18,20-22,31H,4-7,12-13H2,1-3H3,(H,28,33)(H,29,32)(H,34,35). The van der Waals surface area contributed by atoms with Crippen LogP contribution in [0.5, 0.6) is 11.6 Å². The third kappa shape index (κ3) is 6.22. The summed E-state index contributed by atoms with van der Waals surface area (Å²) in [4.78, 5) is 43.1. The molecule has 3 amide bonds. The number of carbonyl (C=O) groups excluding carboxylic acids is 2. The van der Waals surface area contributed by atoms with E-state index < -0.39 is 42.2 Å². The predicted molar refractivity (Wildman–Crippen MR) is 135 cm³/mol. The molecule has 4 atom stereocenters. The topological polar surface area (TPSA) is 150 Å². The Balaban J connectivity index is 1.48. The van der Waals surface area contributed by atoms with E-state index >= 15 is 0 Å². The summed E-state index contributed by atoms with van der Waals surface area (Å²) < 4.78 is 11.4. The lowest BCUT2D eigenvalue weighted by Crippen LogP contribution is -2.55. The molecule has 0 radical (unpaired) electrons. The van der Waals surface area contributed by atoms with E-state index in [1.54, 1.807) is 13.2 Å². The smallest absolute Gasteiger partial charge is 0.408 e. The van der Waals surface area contributed by atoms with Crippen molar-refractivity contribution >= 4 is 28.7 Å². The Labute approximate surface area is 215 Å². The van der Waals surface area contributed by atoms with E-state index in [1.807, 2.05) is 32.0 Å². The molecule has 0 spiro atoms. The summed E-state index contributed by atoms with van der Waals surface area (Å²) in [5.74, 6) is -0.0616. The van der Waals surface area contributed by atoms with Gasteiger partial charge in [0.25, 0.3) is 5.91 Å². The summed E-state index contributed by atoms with van der Waals surface area (Å²) in [5.41, 5.74) is 0.721. The average molecular weight is 515 g/mol. The van der Waals surface area contributed by atoms with Crippen molar-refractivity contribution < 1.29 is 34.1 Å². The normalized spacial score (nSPS) is 20.8. The number of nitrogens with zero attached hydrogens (tertiary/aromatic N) is 2. The number of likely N-dealkylation sites (tertiary alicyclic amines) is 1. The van der Waals surface area contributed by atoms with Crippen LogP contribution in [-0.2, 0) is 9.59 Å². The number of aryl methyl sites for hydroxylation is 1. The summed E-state index contributed by atoms with van der Waals surface area (Å²) in [6, 6.07) is 5.59. The summed E-state index contributed by atoms with van der Waals surface area (Å²) in [7, 11) is 1.58. The van der Waals surface area contributed by atoms with Crippen molar-refractivity contribution in [3.63, 3.8) is 0 Å². The minimum Gasteiger partial charge on any atom is -0.497 e. The number of rotatable bonds is 10. The molecule has 1 aromatic carbocycles. The minimum atomic E-state index is -1.42. The Kier molecular flexibility index (Phi) is 8.01. The number of carboxylic acid groups (broad SMARTS) is 1. The van der Waals surface area contributed by atoms with E-state index in [4.69, 9.17) is 9.47 Å². The number of amides is 3. The Hall–Kier alpha value is -3.60. The van der Waals surface area contributed by atoms with E-state index in [-0.39, 0.29) is 19.0 Å². The van der Waals surface area contributed by atoms with E-state index in [0.717, 1.165) is 34.2 Å². The van der Waals surface area contributed by atoms with Gasteiger partial charge in [-0.25, -0.2) is 9.78 Å². The molecule has 200 valence electrons. The van der Waals surface area contributed by atoms with Crippen molar-refractivity contribution in [1.82, 2.24) is 20.5 Å². The van der Waals surface area contributed by atoms with Gasteiger partial charge in [0.2, 0.25) is 11.8 Å². The number of hydrogen-bond acceptors (Lipinski definition) is 7. The van der Waals surface area contributed by atoms with Gasteiger partial charge >= 0.3 is 6.09 Å². The summed E-state index contributed by atoms with van der Waals surface area (Å²) >= 11 is 0. The number of nitrogens with one attached hydrogen (secondary N) is 2. The highest BCUT2D eigenvalue weighted by atomic mass is 16.5. The second-order valence-electron chi connectivity index (χ2n) is 9.71. The first-order chi connectivity index (χ1) is 17.7. The maximum absolute atomic E-state index is 13.2. The Morgan fingerprint density at radius 1 is 1.24 bits per heavy atom. The van der Waals surface area contributed by atoms with E-state index in [1.165, 1.54) is 0 Å². The number of benzene rings is 1. The van der Waals surface area contributed by atoms with Crippen LogP contribution in [0.25, 0.3) is 10.8 Å².